The highest BCUT2D eigenvalue weighted by Gasteiger charge is 2.32. The fourth-order valence-corrected chi connectivity index (χ4v) is 7.41. The Balaban J connectivity index is 1.23. The highest BCUT2D eigenvalue weighted by Crippen LogP contribution is 2.36. The highest BCUT2D eigenvalue weighted by molar-refractivity contribution is 5.58. The predicted octanol–water partition coefficient (Wildman–Crippen LogP) is 6.05. The van der Waals surface area contributed by atoms with Gasteiger partial charge in [0.15, 0.2) is 0 Å². The molecule has 0 radical (unpaired) electrons. The van der Waals surface area contributed by atoms with E-state index in [9.17, 15) is 0 Å². The van der Waals surface area contributed by atoms with E-state index in [1.54, 1.807) is 5.56 Å². The monoisotopic (exact) mass is 472 g/mol. The summed E-state index contributed by atoms with van der Waals surface area (Å²) >= 11 is 0. The Morgan fingerprint density at radius 3 is 2.57 bits per heavy atom. The number of fused-ring (bicyclic) bond motifs is 2. The summed E-state index contributed by atoms with van der Waals surface area (Å²) in [7, 11) is 0. The average molecular weight is 473 g/mol. The van der Waals surface area contributed by atoms with Gasteiger partial charge < -0.3 is 10.2 Å². The van der Waals surface area contributed by atoms with Gasteiger partial charge in [-0.3, -0.25) is 9.88 Å². The number of rotatable bonds is 6. The standard InChI is InChI=1S/C31H44N4/c1-3-10-24(11-4-1)22-35(30-16-7-12-25-14-9-17-32-31(25)30)23-27-20-28-26(21-33-27)13-8-15-29(28)34-18-5-2-6-19-34/h8-9,13-15,17,24,27,30,33H,1-7,10-12,16,18-23H2/t27-,30+/m1/s1. The van der Waals surface area contributed by atoms with Crippen molar-refractivity contribution in [1.82, 2.24) is 15.2 Å². The van der Waals surface area contributed by atoms with E-state index in [0.717, 1.165) is 25.4 Å². The van der Waals surface area contributed by atoms with Crippen LogP contribution in [0.1, 0.15) is 92.6 Å². The molecule has 1 aromatic carbocycles. The van der Waals surface area contributed by atoms with Gasteiger partial charge in [0.1, 0.15) is 0 Å². The molecule has 1 aromatic heterocycles. The number of hydrogen-bond acceptors (Lipinski definition) is 4. The number of aryl methyl sites for hydroxylation is 1. The molecule has 1 saturated heterocycles. The van der Waals surface area contributed by atoms with Crippen molar-refractivity contribution < 1.29 is 0 Å². The lowest BCUT2D eigenvalue weighted by Gasteiger charge is -2.41. The smallest absolute Gasteiger partial charge is 0.0607 e. The summed E-state index contributed by atoms with van der Waals surface area (Å²) < 4.78 is 0. The first-order chi connectivity index (χ1) is 17.3. The van der Waals surface area contributed by atoms with Crippen LogP contribution in [-0.2, 0) is 19.4 Å². The molecule has 4 aliphatic rings. The number of piperidine rings is 1. The molecule has 2 aromatic rings. The van der Waals surface area contributed by atoms with Crippen molar-refractivity contribution in [2.75, 3.05) is 31.1 Å². The maximum absolute atomic E-state index is 4.95. The van der Waals surface area contributed by atoms with Crippen LogP contribution in [0.3, 0.4) is 0 Å². The van der Waals surface area contributed by atoms with Crippen molar-refractivity contribution in [3.8, 4) is 0 Å². The van der Waals surface area contributed by atoms with E-state index in [0.29, 0.717) is 12.1 Å². The number of hydrogen-bond donors (Lipinski definition) is 1. The Labute approximate surface area is 212 Å². The van der Waals surface area contributed by atoms with E-state index in [4.69, 9.17) is 4.98 Å². The van der Waals surface area contributed by atoms with Gasteiger partial charge in [-0.1, -0.05) is 37.5 Å². The van der Waals surface area contributed by atoms with E-state index in [2.05, 4.69) is 45.4 Å². The van der Waals surface area contributed by atoms with Crippen LogP contribution < -0.4 is 10.2 Å². The van der Waals surface area contributed by atoms with Crippen LogP contribution >= 0.6 is 0 Å². The maximum Gasteiger partial charge on any atom is 0.0607 e. The molecular weight excluding hydrogens is 428 g/mol. The first-order valence-corrected chi connectivity index (χ1v) is 14.6. The van der Waals surface area contributed by atoms with E-state index < -0.39 is 0 Å². The van der Waals surface area contributed by atoms with Gasteiger partial charge in [-0.2, -0.15) is 0 Å². The van der Waals surface area contributed by atoms with Gasteiger partial charge in [-0.25, -0.2) is 0 Å². The predicted molar refractivity (Wildman–Crippen MR) is 145 cm³/mol. The van der Waals surface area contributed by atoms with Gasteiger partial charge in [0, 0.05) is 50.6 Å². The molecule has 2 atom stereocenters. The van der Waals surface area contributed by atoms with Gasteiger partial charge in [0.2, 0.25) is 0 Å². The summed E-state index contributed by atoms with van der Waals surface area (Å²) in [5.41, 5.74) is 7.54. The second-order valence-corrected chi connectivity index (χ2v) is 11.7. The Bertz CT molecular complexity index is 976. The molecule has 4 heteroatoms. The summed E-state index contributed by atoms with van der Waals surface area (Å²) in [6.45, 7) is 5.86. The van der Waals surface area contributed by atoms with Gasteiger partial charge in [-0.05, 0) is 92.5 Å². The van der Waals surface area contributed by atoms with E-state index in [-0.39, 0.29) is 0 Å². The third-order valence-corrected chi connectivity index (χ3v) is 9.26. The summed E-state index contributed by atoms with van der Waals surface area (Å²) in [4.78, 5) is 10.5. The third kappa shape index (κ3) is 5.29. The Morgan fingerprint density at radius 1 is 0.857 bits per heavy atom. The zero-order valence-electron chi connectivity index (χ0n) is 21.6. The number of pyridine rings is 1. The van der Waals surface area contributed by atoms with Crippen LogP contribution in [0.5, 0.6) is 0 Å². The molecule has 2 aliphatic heterocycles. The Kier molecular flexibility index (Phi) is 7.38. The molecule has 2 fully saturated rings. The molecule has 0 unspecified atom stereocenters. The van der Waals surface area contributed by atoms with Crippen LogP contribution in [-0.4, -0.2) is 42.1 Å². The van der Waals surface area contributed by atoms with Crippen LogP contribution in [0, 0.1) is 5.92 Å². The molecule has 0 spiro atoms. The zero-order valence-corrected chi connectivity index (χ0v) is 21.6. The second-order valence-electron chi connectivity index (χ2n) is 11.7. The van der Waals surface area contributed by atoms with Crippen molar-refractivity contribution >= 4 is 5.69 Å². The lowest BCUT2D eigenvalue weighted by molar-refractivity contribution is 0.117. The van der Waals surface area contributed by atoms with Crippen LogP contribution in [0.4, 0.5) is 5.69 Å². The minimum atomic E-state index is 0.488. The zero-order chi connectivity index (χ0) is 23.5. The van der Waals surface area contributed by atoms with Gasteiger partial charge in [0.05, 0.1) is 11.7 Å². The van der Waals surface area contributed by atoms with Crippen molar-refractivity contribution in [2.24, 2.45) is 5.92 Å². The number of nitrogens with zero attached hydrogens (tertiary/aromatic N) is 3. The molecule has 1 saturated carbocycles. The topological polar surface area (TPSA) is 31.4 Å². The van der Waals surface area contributed by atoms with Gasteiger partial charge >= 0.3 is 0 Å². The number of nitrogens with one attached hydrogen (secondary N) is 1. The summed E-state index contributed by atoms with van der Waals surface area (Å²) in [6.07, 6.45) is 18.1. The van der Waals surface area contributed by atoms with Gasteiger partial charge in [-0.15, -0.1) is 0 Å². The van der Waals surface area contributed by atoms with Crippen LogP contribution in [0.25, 0.3) is 0 Å². The second kappa shape index (κ2) is 11.0. The third-order valence-electron chi connectivity index (χ3n) is 9.26. The summed E-state index contributed by atoms with van der Waals surface area (Å²) in [5.74, 6) is 0.859. The number of aromatic nitrogens is 1. The molecule has 6 rings (SSSR count). The molecular formula is C31H44N4. The SMILES string of the molecule is c1cnc2c(c1)CCC[C@@H]2N(CC1CCCCC1)C[C@H]1Cc2c(cccc2N2CCCCC2)CN1. The molecule has 1 N–H and O–H groups in total. The van der Waals surface area contributed by atoms with Crippen molar-refractivity contribution in [3.63, 3.8) is 0 Å². The number of anilines is 1. The molecule has 3 heterocycles. The number of benzene rings is 1. The minimum absolute atomic E-state index is 0.488. The van der Waals surface area contributed by atoms with Crippen molar-refractivity contribution in [2.45, 2.75) is 95.7 Å². The first-order valence-electron chi connectivity index (χ1n) is 14.6. The molecule has 2 aliphatic carbocycles. The van der Waals surface area contributed by atoms with Crippen LogP contribution in [0.15, 0.2) is 36.5 Å². The van der Waals surface area contributed by atoms with Crippen LogP contribution in [0.2, 0.25) is 0 Å². The fraction of sp³-hybridized carbons (Fsp3) is 0.645. The minimum Gasteiger partial charge on any atom is -0.371 e. The molecule has 188 valence electrons. The molecule has 0 amide bonds. The van der Waals surface area contributed by atoms with Crippen molar-refractivity contribution in [1.29, 1.82) is 0 Å². The highest BCUT2D eigenvalue weighted by atomic mass is 15.2. The largest absolute Gasteiger partial charge is 0.371 e. The lowest BCUT2D eigenvalue weighted by Crippen LogP contribution is -2.48. The lowest BCUT2D eigenvalue weighted by atomic mass is 9.85. The summed E-state index contributed by atoms with van der Waals surface area (Å²) in [5, 5.41) is 3.96. The maximum atomic E-state index is 4.95. The average Bonchev–Trinajstić information content (AvgIpc) is 2.93. The Morgan fingerprint density at radius 2 is 1.69 bits per heavy atom. The quantitative estimate of drug-likeness (QED) is 0.555. The van der Waals surface area contributed by atoms with E-state index in [1.165, 1.54) is 113 Å². The fourth-order valence-electron chi connectivity index (χ4n) is 7.41. The normalized spacial score (nSPS) is 25.3. The Hall–Kier alpha value is -1.91. The molecule has 4 nitrogen and oxygen atoms in total. The van der Waals surface area contributed by atoms with E-state index in [1.807, 2.05) is 6.20 Å². The molecule has 0 bridgehead atoms. The van der Waals surface area contributed by atoms with Crippen molar-refractivity contribution in [3.05, 3.63) is 58.9 Å². The summed E-state index contributed by atoms with van der Waals surface area (Å²) in [6, 6.07) is 12.5. The van der Waals surface area contributed by atoms with Gasteiger partial charge in [0.25, 0.3) is 0 Å². The molecule has 35 heavy (non-hydrogen) atoms. The van der Waals surface area contributed by atoms with E-state index >= 15 is 0 Å². The first kappa shape index (κ1) is 23.5.